The van der Waals surface area contributed by atoms with Crippen LogP contribution >= 0.6 is 11.3 Å². The van der Waals surface area contributed by atoms with Gasteiger partial charge in [-0.25, -0.2) is 0 Å². The highest BCUT2D eigenvalue weighted by Crippen LogP contribution is 2.01. The zero-order valence-electron chi connectivity index (χ0n) is 6.42. The lowest BCUT2D eigenvalue weighted by Crippen LogP contribution is -2.17. The van der Waals surface area contributed by atoms with E-state index in [0.29, 0.717) is 6.42 Å². The molecule has 0 unspecified atom stereocenters. The van der Waals surface area contributed by atoms with Gasteiger partial charge in [-0.05, 0) is 0 Å². The second-order valence-electron chi connectivity index (χ2n) is 2.16. The minimum atomic E-state index is -0.518. The highest BCUT2D eigenvalue weighted by molar-refractivity contribution is 7.11. The molecule has 0 aromatic carbocycles. The van der Waals surface area contributed by atoms with Gasteiger partial charge in [-0.3, -0.25) is 19.4 Å². The molecule has 0 bridgehead atoms. The summed E-state index contributed by atoms with van der Waals surface area (Å²) in [6, 6.07) is 1.15. The second-order valence-corrected chi connectivity index (χ2v) is 3.18. The Hall–Kier alpha value is -1.23. The molecule has 0 fully saturated rings. The fourth-order valence-corrected chi connectivity index (χ4v) is 1.50. The number of nitrogens with one attached hydrogen (secondary N) is 1. The predicted molar refractivity (Wildman–Crippen MR) is 45.8 cm³/mol. The molecule has 0 aliphatic heterocycles. The maximum Gasteiger partial charge on any atom is 0.307 e. The summed E-state index contributed by atoms with van der Waals surface area (Å²) in [5.41, 5.74) is -0.518. The molecule has 0 amide bonds. The van der Waals surface area contributed by atoms with E-state index in [0.717, 1.165) is 17.4 Å². The molecular weight excluding hydrogens is 178 g/mol. The Morgan fingerprint density at radius 3 is 2.75 bits per heavy atom. The van der Waals surface area contributed by atoms with Gasteiger partial charge in [-0.2, -0.15) is 0 Å². The van der Waals surface area contributed by atoms with Gasteiger partial charge in [0.2, 0.25) is 0 Å². The Morgan fingerprint density at radius 2 is 2.25 bits per heavy atom. The van der Waals surface area contributed by atoms with Gasteiger partial charge < -0.3 is 0 Å². The number of carbonyl (C=O) groups is 1. The van der Waals surface area contributed by atoms with Crippen molar-refractivity contribution in [3.05, 3.63) is 31.0 Å². The van der Waals surface area contributed by atoms with Gasteiger partial charge in [-0.15, -0.1) is 0 Å². The maximum absolute atomic E-state index is 11.0. The summed E-state index contributed by atoms with van der Waals surface area (Å²) in [6.45, 7) is 1.68. The lowest BCUT2D eigenvalue weighted by molar-refractivity contribution is 0.0991. The first-order valence-electron chi connectivity index (χ1n) is 3.41. The molecule has 1 aromatic heterocycles. The first kappa shape index (κ1) is 8.86. The summed E-state index contributed by atoms with van der Waals surface area (Å²) in [5.74, 6) is -0.178. The molecule has 0 aliphatic carbocycles. The topological polar surface area (TPSA) is 67.0 Å². The van der Waals surface area contributed by atoms with Crippen LogP contribution in [-0.2, 0) is 0 Å². The normalized spacial score (nSPS) is 9.75. The Morgan fingerprint density at radius 1 is 1.58 bits per heavy atom. The number of aromatic nitrogens is 1. The third-order valence-corrected chi connectivity index (χ3v) is 2.14. The molecular formula is C7H7NO3S. The van der Waals surface area contributed by atoms with Crippen molar-refractivity contribution in [2.24, 2.45) is 0 Å². The van der Waals surface area contributed by atoms with Crippen molar-refractivity contribution >= 4 is 17.1 Å². The molecule has 0 saturated carbocycles. The van der Waals surface area contributed by atoms with Crippen molar-refractivity contribution in [1.82, 2.24) is 4.98 Å². The van der Waals surface area contributed by atoms with Crippen LogP contribution in [0.3, 0.4) is 0 Å². The van der Waals surface area contributed by atoms with Crippen molar-refractivity contribution in [2.75, 3.05) is 0 Å². The van der Waals surface area contributed by atoms with Crippen LogP contribution in [0, 0.1) is 0 Å². The van der Waals surface area contributed by atoms with Crippen LogP contribution in [0.2, 0.25) is 0 Å². The van der Waals surface area contributed by atoms with Gasteiger partial charge in [0.15, 0.2) is 5.78 Å². The molecule has 0 radical (unpaired) electrons. The van der Waals surface area contributed by atoms with Crippen LogP contribution in [0.5, 0.6) is 0 Å². The molecule has 4 nitrogen and oxygen atoms in total. The van der Waals surface area contributed by atoms with E-state index in [-0.39, 0.29) is 10.7 Å². The van der Waals surface area contributed by atoms with E-state index in [1.807, 2.05) is 4.98 Å². The third kappa shape index (κ3) is 1.88. The third-order valence-electron chi connectivity index (χ3n) is 1.29. The first-order chi connectivity index (χ1) is 5.63. The van der Waals surface area contributed by atoms with Crippen LogP contribution in [0.1, 0.15) is 23.0 Å². The molecule has 0 saturated heterocycles. The Kier molecular flexibility index (Phi) is 2.54. The van der Waals surface area contributed by atoms with E-state index in [1.165, 1.54) is 0 Å². The Bertz CT molecular complexity index is 375. The number of hydrogen-bond donors (Lipinski definition) is 1. The number of aromatic amines is 1. The Labute approximate surface area is 71.9 Å². The summed E-state index contributed by atoms with van der Waals surface area (Å²) >= 11 is 0.764. The highest BCUT2D eigenvalue weighted by atomic mass is 32.1. The summed E-state index contributed by atoms with van der Waals surface area (Å²) in [4.78, 5) is 34.3. The van der Waals surface area contributed by atoms with Gasteiger partial charge in [-0.1, -0.05) is 18.3 Å². The molecule has 5 heteroatoms. The standard InChI is InChI=1S/C7H7NO3S/c1-2-4(9)5-3-6(10)8-7(11)12-5/h3H,2H2,1H3,(H,8,10,11). The number of hydrogen-bond acceptors (Lipinski definition) is 4. The fourth-order valence-electron chi connectivity index (χ4n) is 0.722. The fraction of sp³-hybridized carbons (Fsp3) is 0.286. The quantitative estimate of drug-likeness (QED) is 0.678. The van der Waals surface area contributed by atoms with Gasteiger partial charge in [0, 0.05) is 12.5 Å². The van der Waals surface area contributed by atoms with Crippen molar-refractivity contribution < 1.29 is 4.79 Å². The van der Waals surface area contributed by atoms with E-state index in [1.54, 1.807) is 6.92 Å². The van der Waals surface area contributed by atoms with Gasteiger partial charge in [0.05, 0.1) is 4.88 Å². The zero-order chi connectivity index (χ0) is 9.14. The van der Waals surface area contributed by atoms with Crippen LogP contribution in [0.25, 0.3) is 0 Å². The summed E-state index contributed by atoms with van der Waals surface area (Å²) in [7, 11) is 0. The Balaban J connectivity index is 3.27. The lowest BCUT2D eigenvalue weighted by Gasteiger charge is -1.91. The van der Waals surface area contributed by atoms with E-state index in [4.69, 9.17) is 0 Å². The second kappa shape index (κ2) is 3.44. The molecule has 12 heavy (non-hydrogen) atoms. The SMILES string of the molecule is CCC(=O)c1cc(=O)[nH]c(=O)s1. The molecule has 0 spiro atoms. The smallest absolute Gasteiger partial charge is 0.293 e. The van der Waals surface area contributed by atoms with Crippen LogP contribution in [0.15, 0.2) is 15.7 Å². The monoisotopic (exact) mass is 185 g/mol. The van der Waals surface area contributed by atoms with E-state index >= 15 is 0 Å². The van der Waals surface area contributed by atoms with Gasteiger partial charge >= 0.3 is 4.87 Å². The molecule has 1 aromatic rings. The van der Waals surface area contributed by atoms with Crippen LogP contribution in [0.4, 0.5) is 0 Å². The molecule has 0 aliphatic rings. The summed E-state index contributed by atoms with van der Waals surface area (Å²) in [6.07, 6.45) is 0.305. The minimum Gasteiger partial charge on any atom is -0.293 e. The predicted octanol–water partition coefficient (Wildman–Crippen LogP) is 0.389. The average Bonchev–Trinajstić information content (AvgIpc) is 2.01. The number of ketones is 1. The van der Waals surface area contributed by atoms with E-state index in [9.17, 15) is 14.4 Å². The van der Waals surface area contributed by atoms with Crippen LogP contribution < -0.4 is 10.4 Å². The molecule has 0 atom stereocenters. The number of carbonyl (C=O) groups excluding carboxylic acids is 1. The van der Waals surface area contributed by atoms with Crippen molar-refractivity contribution in [3.63, 3.8) is 0 Å². The van der Waals surface area contributed by atoms with Crippen molar-refractivity contribution in [2.45, 2.75) is 13.3 Å². The van der Waals surface area contributed by atoms with Gasteiger partial charge in [0.1, 0.15) is 0 Å². The van der Waals surface area contributed by atoms with Gasteiger partial charge in [0.25, 0.3) is 5.56 Å². The molecule has 1 rings (SSSR count). The summed E-state index contributed by atoms with van der Waals surface area (Å²) in [5, 5.41) is 0. The molecule has 1 N–H and O–H groups in total. The maximum atomic E-state index is 11.0. The number of Topliss-reactive ketones (excluding diaryl/α,β-unsaturated/α-hetero) is 1. The van der Waals surface area contributed by atoms with E-state index < -0.39 is 10.4 Å². The highest BCUT2D eigenvalue weighted by Gasteiger charge is 2.05. The van der Waals surface area contributed by atoms with E-state index in [2.05, 4.69) is 0 Å². The van der Waals surface area contributed by atoms with Crippen LogP contribution in [-0.4, -0.2) is 10.8 Å². The molecule has 64 valence electrons. The summed E-state index contributed by atoms with van der Waals surface area (Å²) < 4.78 is 0. The minimum absolute atomic E-state index is 0.178. The molecule has 1 heterocycles. The number of H-pyrrole nitrogens is 1. The first-order valence-corrected chi connectivity index (χ1v) is 4.23. The number of rotatable bonds is 2. The average molecular weight is 185 g/mol. The van der Waals surface area contributed by atoms with Crippen molar-refractivity contribution in [3.8, 4) is 0 Å². The lowest BCUT2D eigenvalue weighted by atomic mass is 10.3. The van der Waals surface area contributed by atoms with Crippen molar-refractivity contribution in [1.29, 1.82) is 0 Å². The largest absolute Gasteiger partial charge is 0.307 e. The zero-order valence-corrected chi connectivity index (χ0v) is 7.23.